The average Bonchev–Trinajstić information content (AvgIpc) is 2.91. The maximum absolute atomic E-state index is 13.9. The van der Waals surface area contributed by atoms with E-state index >= 15 is 0 Å². The predicted molar refractivity (Wildman–Crippen MR) is 156 cm³/mol. The molecule has 0 bridgehead atoms. The number of nitrogens with zero attached hydrogens (tertiary/aromatic N) is 1. The van der Waals surface area contributed by atoms with Gasteiger partial charge in [-0.1, -0.05) is 41.4 Å². The summed E-state index contributed by atoms with van der Waals surface area (Å²) >= 11 is 12.1. The number of ether oxygens (including phenoxy) is 1. The summed E-state index contributed by atoms with van der Waals surface area (Å²) in [5.41, 5.74) is -1.22. The topological polar surface area (TPSA) is 166 Å². The highest BCUT2D eigenvalue weighted by Crippen LogP contribution is 2.46. The summed E-state index contributed by atoms with van der Waals surface area (Å²) in [6.07, 6.45) is -0.904. The Bertz CT molecular complexity index is 1670. The number of carbonyl (C=O) groups is 3. The molecule has 0 spiro atoms. The molecule has 0 saturated carbocycles. The molecule has 0 aromatic heterocycles. The van der Waals surface area contributed by atoms with Crippen LogP contribution in [0.2, 0.25) is 10.0 Å². The summed E-state index contributed by atoms with van der Waals surface area (Å²) < 4.78 is 50.7. The zero-order valence-electron chi connectivity index (χ0n) is 22.8. The van der Waals surface area contributed by atoms with E-state index < -0.39 is 52.9 Å². The van der Waals surface area contributed by atoms with E-state index in [0.717, 1.165) is 12.1 Å². The SMILES string of the molecule is CNC(=O)c1cccc2c(C=O)c(N(CP(=O)(O)OOCOC(=O)C(C)(C)C)S(=O)(=O)c3cc(Cl)cc(Cl)c3)ccc12. The zero-order chi connectivity index (χ0) is 31.5. The number of hydrogen-bond donors (Lipinski definition) is 2. The number of fused-ring (bicyclic) bond motifs is 1. The lowest BCUT2D eigenvalue weighted by molar-refractivity contribution is -0.267. The van der Waals surface area contributed by atoms with Gasteiger partial charge < -0.3 is 14.9 Å². The van der Waals surface area contributed by atoms with Crippen LogP contribution in [0.15, 0.2) is 53.4 Å². The van der Waals surface area contributed by atoms with Gasteiger partial charge >= 0.3 is 13.6 Å². The van der Waals surface area contributed by atoms with Gasteiger partial charge in [0, 0.05) is 28.2 Å². The van der Waals surface area contributed by atoms with E-state index in [1.54, 1.807) is 20.8 Å². The van der Waals surface area contributed by atoms with Gasteiger partial charge in [0.15, 0.2) is 6.29 Å². The second-order valence-electron chi connectivity index (χ2n) is 9.83. The average molecular weight is 661 g/mol. The van der Waals surface area contributed by atoms with Crippen molar-refractivity contribution in [3.63, 3.8) is 0 Å². The number of hydrogen-bond acceptors (Lipinski definition) is 9. The Morgan fingerprint density at radius 1 is 1.07 bits per heavy atom. The fourth-order valence-electron chi connectivity index (χ4n) is 3.71. The highest BCUT2D eigenvalue weighted by Gasteiger charge is 2.36. The monoisotopic (exact) mass is 660 g/mol. The van der Waals surface area contributed by atoms with Crippen LogP contribution in [-0.2, 0) is 33.7 Å². The molecule has 12 nitrogen and oxygen atoms in total. The van der Waals surface area contributed by atoms with Crippen molar-refractivity contribution in [2.45, 2.75) is 25.7 Å². The van der Waals surface area contributed by atoms with Crippen LogP contribution in [0, 0.1) is 5.41 Å². The molecule has 2 N–H and O–H groups in total. The number of carbonyl (C=O) groups excluding carboxylic acids is 3. The van der Waals surface area contributed by atoms with E-state index in [0.29, 0.717) is 16.0 Å². The van der Waals surface area contributed by atoms with Crippen molar-refractivity contribution in [1.29, 1.82) is 0 Å². The second kappa shape index (κ2) is 13.1. The van der Waals surface area contributed by atoms with Crippen molar-refractivity contribution in [3.8, 4) is 0 Å². The van der Waals surface area contributed by atoms with Gasteiger partial charge in [0.1, 0.15) is 6.29 Å². The molecule has 1 unspecified atom stereocenters. The van der Waals surface area contributed by atoms with Gasteiger partial charge in [0.05, 0.1) is 16.0 Å². The largest absolute Gasteiger partial charge is 0.435 e. The Morgan fingerprint density at radius 3 is 2.29 bits per heavy atom. The summed E-state index contributed by atoms with van der Waals surface area (Å²) in [5.74, 6) is -1.15. The Balaban J connectivity index is 2.12. The van der Waals surface area contributed by atoms with Gasteiger partial charge in [0.25, 0.3) is 15.9 Å². The minimum atomic E-state index is -4.99. The van der Waals surface area contributed by atoms with Crippen LogP contribution in [0.3, 0.4) is 0 Å². The van der Waals surface area contributed by atoms with Crippen LogP contribution < -0.4 is 9.62 Å². The molecule has 3 aromatic carbocycles. The number of rotatable bonds is 11. The molecule has 0 aliphatic heterocycles. The Kier molecular flexibility index (Phi) is 10.4. The first-order valence-corrected chi connectivity index (χ1v) is 16.0. The van der Waals surface area contributed by atoms with Gasteiger partial charge in [-0.05, 0) is 61.9 Å². The Hall–Kier alpha value is -3.03. The molecule has 0 fully saturated rings. The molecule has 0 aliphatic carbocycles. The summed E-state index contributed by atoms with van der Waals surface area (Å²) in [6.45, 7) is 3.85. The molecule has 0 aliphatic rings. The molecular weight excluding hydrogens is 634 g/mol. The van der Waals surface area contributed by atoms with E-state index in [2.05, 4.69) is 14.9 Å². The molecule has 0 heterocycles. The molecule has 226 valence electrons. The zero-order valence-corrected chi connectivity index (χ0v) is 26.0. The van der Waals surface area contributed by atoms with Gasteiger partial charge in [0.2, 0.25) is 6.79 Å². The van der Waals surface area contributed by atoms with Gasteiger partial charge in [-0.25, -0.2) is 8.42 Å². The standard InChI is InChI=1S/C26H27Cl2N2O10PS/c1-26(2,3)25(33)38-15-39-40-41(34,35)14-30(42(36,37)18-11-16(27)10-17(28)12-18)23-9-8-20-19(22(23)13-31)6-5-7-21(20)24(32)29-4/h5-13H,14-15H2,1-4H3,(H,29,32)(H,34,35). The number of esters is 1. The van der Waals surface area contributed by atoms with E-state index in [1.165, 1.54) is 43.4 Å². The maximum atomic E-state index is 13.9. The van der Waals surface area contributed by atoms with Crippen molar-refractivity contribution in [2.75, 3.05) is 24.4 Å². The van der Waals surface area contributed by atoms with E-state index in [9.17, 15) is 32.3 Å². The molecule has 42 heavy (non-hydrogen) atoms. The van der Waals surface area contributed by atoms with Crippen LogP contribution in [0.1, 0.15) is 41.5 Å². The first kappa shape index (κ1) is 33.5. The first-order valence-electron chi connectivity index (χ1n) is 12.0. The van der Waals surface area contributed by atoms with E-state index in [1.807, 2.05) is 0 Å². The molecule has 0 radical (unpaired) electrons. The maximum Gasteiger partial charge on any atom is 0.375 e. The minimum absolute atomic E-state index is 0.0437. The van der Waals surface area contributed by atoms with Gasteiger partial charge in [-0.2, -0.15) is 4.89 Å². The van der Waals surface area contributed by atoms with Gasteiger partial charge in [-0.15, -0.1) is 4.67 Å². The fraction of sp³-hybridized carbons (Fsp3) is 0.269. The smallest absolute Gasteiger partial charge is 0.375 e. The molecule has 3 aromatic rings. The van der Waals surface area contributed by atoms with Crippen LogP contribution in [0.4, 0.5) is 5.69 Å². The lowest BCUT2D eigenvalue weighted by atomic mass is 9.98. The Morgan fingerprint density at radius 2 is 1.71 bits per heavy atom. The third-order valence-corrected chi connectivity index (χ3v) is 9.03. The number of nitrogens with one attached hydrogen (secondary N) is 1. The molecule has 3 rings (SSSR count). The summed E-state index contributed by atoms with van der Waals surface area (Å²) in [5, 5.41) is 2.90. The summed E-state index contributed by atoms with van der Waals surface area (Å²) in [7, 11) is -8.32. The van der Waals surface area contributed by atoms with Crippen molar-refractivity contribution < 1.29 is 46.6 Å². The lowest BCUT2D eigenvalue weighted by Crippen LogP contribution is -2.33. The van der Waals surface area contributed by atoms with Crippen molar-refractivity contribution in [2.24, 2.45) is 5.41 Å². The first-order chi connectivity index (χ1) is 19.5. The van der Waals surface area contributed by atoms with Crippen molar-refractivity contribution in [1.82, 2.24) is 5.32 Å². The third kappa shape index (κ3) is 7.67. The van der Waals surface area contributed by atoms with Crippen LogP contribution in [0.25, 0.3) is 10.8 Å². The van der Waals surface area contributed by atoms with Crippen molar-refractivity contribution in [3.05, 3.63) is 69.7 Å². The quantitative estimate of drug-likeness (QED) is 0.0534. The minimum Gasteiger partial charge on any atom is -0.435 e. The number of amides is 1. The third-order valence-electron chi connectivity index (χ3n) is 5.69. The van der Waals surface area contributed by atoms with Crippen LogP contribution in [-0.4, -0.2) is 51.6 Å². The number of aldehydes is 1. The van der Waals surface area contributed by atoms with E-state index in [4.69, 9.17) is 27.9 Å². The number of benzene rings is 3. The molecular formula is C26H27Cl2N2O10PS. The van der Waals surface area contributed by atoms with Crippen LogP contribution in [0.5, 0.6) is 0 Å². The normalized spacial score (nSPS) is 13.3. The summed E-state index contributed by atoms with van der Waals surface area (Å²) in [6, 6.07) is 10.5. The van der Waals surface area contributed by atoms with Crippen LogP contribution >= 0.6 is 30.8 Å². The Labute approximate surface area is 252 Å². The number of halogens is 2. The number of anilines is 1. The molecule has 1 amide bonds. The predicted octanol–water partition coefficient (Wildman–Crippen LogP) is 5.15. The highest BCUT2D eigenvalue weighted by molar-refractivity contribution is 7.93. The molecule has 16 heteroatoms. The molecule has 1 atom stereocenters. The lowest BCUT2D eigenvalue weighted by Gasteiger charge is -2.27. The van der Waals surface area contributed by atoms with E-state index in [-0.39, 0.29) is 32.2 Å². The number of sulfonamides is 1. The van der Waals surface area contributed by atoms with Crippen molar-refractivity contribution >= 4 is 75.4 Å². The second-order valence-corrected chi connectivity index (χ2v) is 14.3. The van der Waals surface area contributed by atoms with Gasteiger partial charge in [-0.3, -0.25) is 23.3 Å². The molecule has 0 saturated heterocycles. The highest BCUT2D eigenvalue weighted by atomic mass is 35.5. The summed E-state index contributed by atoms with van der Waals surface area (Å²) in [4.78, 5) is 51.4. The fourth-order valence-corrected chi connectivity index (χ4v) is 7.37.